The van der Waals surface area contributed by atoms with Gasteiger partial charge in [-0.2, -0.15) is 0 Å². The van der Waals surface area contributed by atoms with Crippen molar-refractivity contribution in [3.63, 3.8) is 0 Å². The van der Waals surface area contributed by atoms with Crippen LogP contribution in [-0.2, 0) is 0 Å². The average molecular weight is 235 g/mol. The van der Waals surface area contributed by atoms with Crippen LogP contribution in [0.15, 0.2) is 18.2 Å². The Kier molecular flexibility index (Phi) is 5.01. The number of carbonyl (C=O) groups is 1. The molecule has 1 rings (SSSR count). The SMILES string of the molecule is CCCCC(C)Nc1cc(C)ccc1C(=O)O. The van der Waals surface area contributed by atoms with Crippen LogP contribution in [0.5, 0.6) is 0 Å². The van der Waals surface area contributed by atoms with E-state index < -0.39 is 5.97 Å². The van der Waals surface area contributed by atoms with Gasteiger partial charge in [0.1, 0.15) is 0 Å². The van der Waals surface area contributed by atoms with Crippen molar-refractivity contribution >= 4 is 11.7 Å². The lowest BCUT2D eigenvalue weighted by atomic mass is 10.1. The molecule has 0 heterocycles. The molecule has 0 saturated carbocycles. The summed E-state index contributed by atoms with van der Waals surface area (Å²) in [5.41, 5.74) is 2.14. The van der Waals surface area contributed by atoms with E-state index in [9.17, 15) is 4.79 Å². The summed E-state index contributed by atoms with van der Waals surface area (Å²) in [6.45, 7) is 6.21. The summed E-state index contributed by atoms with van der Waals surface area (Å²) in [7, 11) is 0. The first-order valence-electron chi connectivity index (χ1n) is 6.15. The van der Waals surface area contributed by atoms with Gasteiger partial charge in [-0.25, -0.2) is 4.79 Å². The molecule has 1 atom stereocenters. The minimum Gasteiger partial charge on any atom is -0.478 e. The number of rotatable bonds is 6. The van der Waals surface area contributed by atoms with Gasteiger partial charge < -0.3 is 10.4 Å². The van der Waals surface area contributed by atoms with Crippen LogP contribution in [-0.4, -0.2) is 17.1 Å². The van der Waals surface area contributed by atoms with Crippen LogP contribution >= 0.6 is 0 Å². The van der Waals surface area contributed by atoms with E-state index in [1.54, 1.807) is 6.07 Å². The van der Waals surface area contributed by atoms with Crippen molar-refractivity contribution in [3.8, 4) is 0 Å². The summed E-state index contributed by atoms with van der Waals surface area (Å²) in [6, 6.07) is 5.68. The Morgan fingerprint density at radius 3 is 2.76 bits per heavy atom. The van der Waals surface area contributed by atoms with Crippen molar-refractivity contribution in [2.45, 2.75) is 46.1 Å². The Morgan fingerprint density at radius 1 is 1.47 bits per heavy atom. The first-order chi connectivity index (χ1) is 8.04. The summed E-state index contributed by atoms with van der Waals surface area (Å²) in [5.74, 6) is -0.879. The maximum absolute atomic E-state index is 11.1. The van der Waals surface area contributed by atoms with Gasteiger partial charge in [0, 0.05) is 11.7 Å². The molecular formula is C14H21NO2. The summed E-state index contributed by atoms with van der Waals surface area (Å²) in [4.78, 5) is 11.1. The van der Waals surface area contributed by atoms with Gasteiger partial charge in [-0.1, -0.05) is 25.8 Å². The van der Waals surface area contributed by atoms with E-state index in [1.807, 2.05) is 19.1 Å². The van der Waals surface area contributed by atoms with E-state index in [4.69, 9.17) is 5.11 Å². The molecule has 0 bridgehead atoms. The van der Waals surface area contributed by atoms with E-state index in [2.05, 4.69) is 19.2 Å². The zero-order valence-electron chi connectivity index (χ0n) is 10.8. The highest BCUT2D eigenvalue weighted by atomic mass is 16.4. The molecule has 17 heavy (non-hydrogen) atoms. The standard InChI is InChI=1S/C14H21NO2/c1-4-5-6-11(3)15-13-9-10(2)7-8-12(13)14(16)17/h7-9,11,15H,4-6H2,1-3H3,(H,16,17). The monoisotopic (exact) mass is 235 g/mol. The normalized spacial score (nSPS) is 12.2. The molecular weight excluding hydrogens is 214 g/mol. The third-order valence-corrected chi connectivity index (χ3v) is 2.80. The van der Waals surface area contributed by atoms with Crippen molar-refractivity contribution in [3.05, 3.63) is 29.3 Å². The molecule has 3 heteroatoms. The van der Waals surface area contributed by atoms with Gasteiger partial charge in [0.25, 0.3) is 0 Å². The lowest BCUT2D eigenvalue weighted by Crippen LogP contribution is -2.17. The van der Waals surface area contributed by atoms with Crippen LogP contribution in [0.3, 0.4) is 0 Å². The summed E-state index contributed by atoms with van der Waals surface area (Å²) in [6.07, 6.45) is 3.37. The maximum atomic E-state index is 11.1. The summed E-state index contributed by atoms with van der Waals surface area (Å²) < 4.78 is 0. The fraction of sp³-hybridized carbons (Fsp3) is 0.500. The molecule has 1 aromatic rings. The molecule has 0 radical (unpaired) electrons. The molecule has 0 spiro atoms. The van der Waals surface area contributed by atoms with Crippen LogP contribution in [0.1, 0.15) is 49.0 Å². The van der Waals surface area contributed by atoms with Gasteiger partial charge >= 0.3 is 5.97 Å². The van der Waals surface area contributed by atoms with E-state index in [1.165, 1.54) is 0 Å². The molecule has 0 aliphatic carbocycles. The number of carboxylic acid groups (broad SMARTS) is 1. The minimum atomic E-state index is -0.879. The second-order valence-electron chi connectivity index (χ2n) is 4.54. The average Bonchev–Trinajstić information content (AvgIpc) is 2.26. The molecule has 0 saturated heterocycles. The van der Waals surface area contributed by atoms with Gasteiger partial charge in [0.15, 0.2) is 0 Å². The maximum Gasteiger partial charge on any atom is 0.337 e. The molecule has 0 aromatic heterocycles. The number of benzene rings is 1. The number of hydrogen-bond donors (Lipinski definition) is 2. The number of aromatic carboxylic acids is 1. The lowest BCUT2D eigenvalue weighted by Gasteiger charge is -2.17. The number of aryl methyl sites for hydroxylation is 1. The topological polar surface area (TPSA) is 49.3 Å². The Bertz CT molecular complexity index is 388. The molecule has 0 aliphatic heterocycles. The second-order valence-corrected chi connectivity index (χ2v) is 4.54. The van der Waals surface area contributed by atoms with Gasteiger partial charge in [-0.15, -0.1) is 0 Å². The van der Waals surface area contributed by atoms with Crippen LogP contribution in [0.2, 0.25) is 0 Å². The molecule has 3 nitrogen and oxygen atoms in total. The van der Waals surface area contributed by atoms with Gasteiger partial charge in [-0.3, -0.25) is 0 Å². The van der Waals surface area contributed by atoms with Crippen molar-refractivity contribution < 1.29 is 9.90 Å². The first-order valence-corrected chi connectivity index (χ1v) is 6.15. The third kappa shape index (κ3) is 4.10. The number of unbranched alkanes of at least 4 members (excludes halogenated alkanes) is 1. The van der Waals surface area contributed by atoms with E-state index in [0.717, 1.165) is 30.5 Å². The molecule has 0 amide bonds. The smallest absolute Gasteiger partial charge is 0.337 e. The predicted molar refractivity (Wildman–Crippen MR) is 70.7 cm³/mol. The fourth-order valence-corrected chi connectivity index (χ4v) is 1.81. The molecule has 1 unspecified atom stereocenters. The number of anilines is 1. The molecule has 1 aromatic carbocycles. The zero-order chi connectivity index (χ0) is 12.8. The second kappa shape index (κ2) is 6.28. The van der Waals surface area contributed by atoms with Crippen molar-refractivity contribution in [1.82, 2.24) is 0 Å². The van der Waals surface area contributed by atoms with Crippen molar-refractivity contribution in [2.24, 2.45) is 0 Å². The van der Waals surface area contributed by atoms with E-state index in [-0.39, 0.29) is 0 Å². The highest BCUT2D eigenvalue weighted by Gasteiger charge is 2.11. The van der Waals surface area contributed by atoms with Crippen LogP contribution in [0, 0.1) is 6.92 Å². The predicted octanol–water partition coefficient (Wildman–Crippen LogP) is 3.68. The third-order valence-electron chi connectivity index (χ3n) is 2.80. The number of carboxylic acids is 1. The Morgan fingerprint density at radius 2 is 2.18 bits per heavy atom. The summed E-state index contributed by atoms with van der Waals surface area (Å²) in [5, 5.41) is 12.4. The number of nitrogens with one attached hydrogen (secondary N) is 1. The quantitative estimate of drug-likeness (QED) is 0.790. The van der Waals surface area contributed by atoms with Gasteiger partial charge in [0.2, 0.25) is 0 Å². The zero-order valence-corrected chi connectivity index (χ0v) is 10.8. The summed E-state index contributed by atoms with van der Waals surface area (Å²) >= 11 is 0. The fourth-order valence-electron chi connectivity index (χ4n) is 1.81. The lowest BCUT2D eigenvalue weighted by molar-refractivity contribution is 0.0698. The highest BCUT2D eigenvalue weighted by molar-refractivity contribution is 5.94. The highest BCUT2D eigenvalue weighted by Crippen LogP contribution is 2.19. The molecule has 0 fully saturated rings. The Balaban J connectivity index is 2.81. The van der Waals surface area contributed by atoms with Crippen molar-refractivity contribution in [2.75, 3.05) is 5.32 Å². The van der Waals surface area contributed by atoms with Crippen LogP contribution < -0.4 is 5.32 Å². The minimum absolute atomic E-state index is 0.301. The van der Waals surface area contributed by atoms with E-state index in [0.29, 0.717) is 11.6 Å². The van der Waals surface area contributed by atoms with Crippen molar-refractivity contribution in [1.29, 1.82) is 0 Å². The first kappa shape index (κ1) is 13.6. The Hall–Kier alpha value is -1.51. The molecule has 94 valence electrons. The largest absolute Gasteiger partial charge is 0.478 e. The van der Waals surface area contributed by atoms with E-state index >= 15 is 0 Å². The van der Waals surface area contributed by atoms with Crippen LogP contribution in [0.4, 0.5) is 5.69 Å². The molecule has 0 aliphatic rings. The van der Waals surface area contributed by atoms with Crippen LogP contribution in [0.25, 0.3) is 0 Å². The Labute approximate surface area is 103 Å². The molecule has 2 N–H and O–H groups in total. The van der Waals surface area contributed by atoms with Gasteiger partial charge in [-0.05, 0) is 38.0 Å². The number of hydrogen-bond acceptors (Lipinski definition) is 2. The van der Waals surface area contributed by atoms with Gasteiger partial charge in [0.05, 0.1) is 5.56 Å².